The molecule has 1 aliphatic heterocycles. The monoisotopic (exact) mass is 651 g/mol. The number of hydrogen-bond acceptors (Lipinski definition) is 2. The van der Waals surface area contributed by atoms with Gasteiger partial charge in [0, 0.05) is 22.6 Å². The lowest BCUT2D eigenvalue weighted by Crippen LogP contribution is -2.28. The Hall–Kier alpha value is -6.64. The number of benzene rings is 8. The van der Waals surface area contributed by atoms with E-state index in [0.717, 1.165) is 28.4 Å². The van der Waals surface area contributed by atoms with Crippen LogP contribution in [0.15, 0.2) is 200 Å². The van der Waals surface area contributed by atoms with Crippen molar-refractivity contribution in [3.8, 4) is 39.1 Å². The van der Waals surface area contributed by atoms with E-state index in [1.165, 1.54) is 55.3 Å². The third-order valence-corrected chi connectivity index (χ3v) is 10.6. The van der Waals surface area contributed by atoms with Gasteiger partial charge >= 0.3 is 0 Å². The van der Waals surface area contributed by atoms with Crippen LogP contribution in [0, 0.1) is 0 Å². The van der Waals surface area contributed by atoms with Gasteiger partial charge in [-0.15, -0.1) is 0 Å². The number of ether oxygens (including phenoxy) is 1. The van der Waals surface area contributed by atoms with Crippen LogP contribution in [0.4, 0.5) is 17.1 Å². The first kappa shape index (κ1) is 29.3. The third-order valence-electron chi connectivity index (χ3n) is 10.6. The van der Waals surface area contributed by atoms with Gasteiger partial charge in [0.15, 0.2) is 0 Å². The maximum Gasteiger partial charge on any atom is 0.131 e. The van der Waals surface area contributed by atoms with Gasteiger partial charge in [-0.25, -0.2) is 0 Å². The summed E-state index contributed by atoms with van der Waals surface area (Å²) in [5.74, 6) is 0.874. The molecule has 0 amide bonds. The smallest absolute Gasteiger partial charge is 0.131 e. The highest BCUT2D eigenvalue weighted by atomic mass is 16.5. The van der Waals surface area contributed by atoms with Gasteiger partial charge in [0.1, 0.15) is 5.75 Å². The lowest BCUT2D eigenvalue weighted by molar-refractivity contribution is 0.446. The summed E-state index contributed by atoms with van der Waals surface area (Å²) >= 11 is 0. The SMILES string of the molecule is C1=CC2(c3cc(N(c4ccc(-c5ccccc5)cc4)c4ccc(-c5cccc6ccccc56)cc4)ccc3O1)c1ccccc1-c1ccccc12. The molecule has 0 fully saturated rings. The fourth-order valence-electron chi connectivity index (χ4n) is 8.25. The van der Waals surface area contributed by atoms with Crippen LogP contribution in [0.1, 0.15) is 16.7 Å². The van der Waals surface area contributed by atoms with Crippen molar-refractivity contribution < 1.29 is 4.74 Å². The lowest BCUT2D eigenvalue weighted by atomic mass is 9.71. The number of anilines is 3. The molecule has 0 saturated heterocycles. The van der Waals surface area contributed by atoms with E-state index in [4.69, 9.17) is 4.74 Å². The van der Waals surface area contributed by atoms with Gasteiger partial charge < -0.3 is 9.64 Å². The molecule has 0 bridgehead atoms. The zero-order chi connectivity index (χ0) is 33.8. The van der Waals surface area contributed by atoms with E-state index in [1.54, 1.807) is 0 Å². The molecular formula is C49H33NO. The molecule has 1 spiro atoms. The molecule has 0 unspecified atom stereocenters. The Kier molecular flexibility index (Phi) is 6.75. The van der Waals surface area contributed by atoms with Crippen LogP contribution < -0.4 is 9.64 Å². The number of rotatable bonds is 5. The first-order valence-corrected chi connectivity index (χ1v) is 17.5. The van der Waals surface area contributed by atoms with E-state index in [9.17, 15) is 0 Å². The second kappa shape index (κ2) is 11.8. The second-order valence-corrected chi connectivity index (χ2v) is 13.3. The Morgan fingerprint density at radius 1 is 0.392 bits per heavy atom. The Bertz CT molecular complexity index is 2550. The molecule has 1 heterocycles. The second-order valence-electron chi connectivity index (χ2n) is 13.3. The molecule has 2 nitrogen and oxygen atoms in total. The van der Waals surface area contributed by atoms with Crippen LogP contribution >= 0.6 is 0 Å². The van der Waals surface area contributed by atoms with Gasteiger partial charge in [-0.2, -0.15) is 0 Å². The van der Waals surface area contributed by atoms with E-state index in [0.29, 0.717) is 0 Å². The van der Waals surface area contributed by atoms with E-state index in [1.807, 2.05) is 6.26 Å². The standard InChI is InChI=1S/C49H33NO/c1-2-11-34(12-3-1)35-21-25-38(26-22-35)50(39-27-23-37(24-28-39)42-18-10-14-36-13-4-5-15-41(36)42)40-29-30-48-47(33-40)49(31-32-51-48)45-19-8-6-16-43(45)44-17-7-9-20-46(44)49/h1-33H. The van der Waals surface area contributed by atoms with Crippen molar-refractivity contribution in [3.63, 3.8) is 0 Å². The van der Waals surface area contributed by atoms with Crippen molar-refractivity contribution in [1.29, 1.82) is 0 Å². The summed E-state index contributed by atoms with van der Waals surface area (Å²) in [5, 5.41) is 2.50. The minimum atomic E-state index is -0.460. The molecule has 0 aromatic heterocycles. The summed E-state index contributed by atoms with van der Waals surface area (Å²) in [6, 6.07) is 67.8. The predicted molar refractivity (Wildman–Crippen MR) is 211 cm³/mol. The molecule has 1 aliphatic carbocycles. The number of allylic oxidation sites excluding steroid dienone is 1. The zero-order valence-corrected chi connectivity index (χ0v) is 27.9. The van der Waals surface area contributed by atoms with Crippen molar-refractivity contribution in [2.75, 3.05) is 4.90 Å². The highest BCUT2D eigenvalue weighted by Crippen LogP contribution is 2.57. The van der Waals surface area contributed by atoms with Crippen LogP contribution in [-0.4, -0.2) is 0 Å². The third kappa shape index (κ3) is 4.65. The Balaban J connectivity index is 1.14. The minimum absolute atomic E-state index is 0.460. The first-order chi connectivity index (χ1) is 25.3. The summed E-state index contributed by atoms with van der Waals surface area (Å²) in [4.78, 5) is 2.36. The van der Waals surface area contributed by atoms with Crippen molar-refractivity contribution in [3.05, 3.63) is 217 Å². The maximum absolute atomic E-state index is 6.25. The van der Waals surface area contributed by atoms with Crippen molar-refractivity contribution >= 4 is 27.8 Å². The Morgan fingerprint density at radius 2 is 0.941 bits per heavy atom. The van der Waals surface area contributed by atoms with Gasteiger partial charge in [-0.1, -0.05) is 146 Å². The van der Waals surface area contributed by atoms with E-state index in [2.05, 4.69) is 199 Å². The topological polar surface area (TPSA) is 12.5 Å². The molecule has 10 rings (SSSR count). The molecule has 0 radical (unpaired) electrons. The Morgan fingerprint density at radius 3 is 1.67 bits per heavy atom. The van der Waals surface area contributed by atoms with E-state index in [-0.39, 0.29) is 0 Å². The summed E-state index contributed by atoms with van der Waals surface area (Å²) in [5.41, 5.74) is 13.8. The highest BCUT2D eigenvalue weighted by molar-refractivity contribution is 5.97. The molecule has 240 valence electrons. The quantitative estimate of drug-likeness (QED) is 0.184. The lowest BCUT2D eigenvalue weighted by Gasteiger charge is -2.35. The van der Waals surface area contributed by atoms with E-state index < -0.39 is 5.41 Å². The van der Waals surface area contributed by atoms with Gasteiger partial charge in [0.2, 0.25) is 0 Å². The minimum Gasteiger partial charge on any atom is -0.465 e. The van der Waals surface area contributed by atoms with Gasteiger partial charge in [-0.05, 0) is 104 Å². The molecule has 2 aliphatic rings. The molecule has 8 aromatic rings. The molecule has 2 heteroatoms. The van der Waals surface area contributed by atoms with Crippen LogP contribution in [-0.2, 0) is 5.41 Å². The van der Waals surface area contributed by atoms with Gasteiger partial charge in [0.25, 0.3) is 0 Å². The van der Waals surface area contributed by atoms with Crippen molar-refractivity contribution in [2.45, 2.75) is 5.41 Å². The summed E-state index contributed by atoms with van der Waals surface area (Å²) in [7, 11) is 0. The normalized spacial score (nSPS) is 13.3. The van der Waals surface area contributed by atoms with Crippen molar-refractivity contribution in [2.24, 2.45) is 0 Å². The average Bonchev–Trinajstić information content (AvgIpc) is 3.48. The molecule has 0 saturated carbocycles. The fraction of sp³-hybridized carbons (Fsp3) is 0.0204. The zero-order valence-electron chi connectivity index (χ0n) is 27.9. The summed E-state index contributed by atoms with van der Waals surface area (Å²) in [6.45, 7) is 0. The first-order valence-electron chi connectivity index (χ1n) is 17.5. The largest absolute Gasteiger partial charge is 0.465 e. The highest BCUT2D eigenvalue weighted by Gasteiger charge is 2.46. The van der Waals surface area contributed by atoms with Crippen LogP contribution in [0.2, 0.25) is 0 Å². The number of nitrogens with zero attached hydrogens (tertiary/aromatic N) is 1. The molecule has 51 heavy (non-hydrogen) atoms. The molecule has 0 atom stereocenters. The van der Waals surface area contributed by atoms with E-state index >= 15 is 0 Å². The van der Waals surface area contributed by atoms with Gasteiger partial charge in [0.05, 0.1) is 11.7 Å². The molecule has 0 N–H and O–H groups in total. The predicted octanol–water partition coefficient (Wildman–Crippen LogP) is 12.9. The summed E-state index contributed by atoms with van der Waals surface area (Å²) < 4.78 is 6.25. The van der Waals surface area contributed by atoms with Crippen LogP contribution in [0.3, 0.4) is 0 Å². The molecular weight excluding hydrogens is 619 g/mol. The fourth-order valence-corrected chi connectivity index (χ4v) is 8.25. The number of hydrogen-bond donors (Lipinski definition) is 0. The Labute approximate surface area is 298 Å². The maximum atomic E-state index is 6.25. The molecule has 8 aromatic carbocycles. The van der Waals surface area contributed by atoms with Gasteiger partial charge in [-0.3, -0.25) is 0 Å². The van der Waals surface area contributed by atoms with Crippen LogP contribution in [0.5, 0.6) is 5.75 Å². The van der Waals surface area contributed by atoms with Crippen molar-refractivity contribution in [1.82, 2.24) is 0 Å². The summed E-state index contributed by atoms with van der Waals surface area (Å²) in [6.07, 6.45) is 4.11. The average molecular weight is 652 g/mol. The number of fused-ring (bicyclic) bond motifs is 8. The van der Waals surface area contributed by atoms with Crippen LogP contribution in [0.25, 0.3) is 44.2 Å².